The zero-order valence-electron chi connectivity index (χ0n) is 20.6. The van der Waals surface area contributed by atoms with Crippen molar-refractivity contribution in [3.63, 3.8) is 0 Å². The van der Waals surface area contributed by atoms with Crippen molar-refractivity contribution in [2.45, 2.75) is 58.8 Å². The van der Waals surface area contributed by atoms with Crippen LogP contribution in [0, 0.1) is 0 Å². The zero-order chi connectivity index (χ0) is 25.4. The molecule has 9 heteroatoms. The molecule has 0 saturated carbocycles. The summed E-state index contributed by atoms with van der Waals surface area (Å²) in [6.45, 7) is 10.9. The lowest BCUT2D eigenvalue weighted by atomic mass is 9.88. The number of hydrazine groups is 1. The van der Waals surface area contributed by atoms with E-state index >= 15 is 0 Å². The first-order chi connectivity index (χ1) is 16.2. The Bertz CT molecular complexity index is 937. The van der Waals surface area contributed by atoms with Crippen LogP contribution in [-0.4, -0.2) is 18.6 Å². The summed E-state index contributed by atoms with van der Waals surface area (Å²) < 4.78 is 50.8. The van der Waals surface area contributed by atoms with E-state index in [1.54, 1.807) is 0 Å². The first-order valence-corrected chi connectivity index (χ1v) is 12.3. The minimum atomic E-state index is -4.37. The molecule has 1 heterocycles. The van der Waals surface area contributed by atoms with Crippen LogP contribution in [0.3, 0.4) is 0 Å². The van der Waals surface area contributed by atoms with Crippen LogP contribution in [0.15, 0.2) is 60.5 Å². The molecule has 2 aromatic carbocycles. The van der Waals surface area contributed by atoms with Crippen LogP contribution < -0.4 is 19.6 Å². The van der Waals surface area contributed by atoms with Gasteiger partial charge < -0.3 is 4.74 Å². The Balaban J connectivity index is 0.00000199. The third-order valence-electron chi connectivity index (χ3n) is 5.56. The molecule has 0 saturated heterocycles. The Morgan fingerprint density at radius 1 is 1.06 bits per heavy atom. The molecule has 5 nitrogen and oxygen atoms in total. The quantitative estimate of drug-likeness (QED) is 0.343. The molecule has 2 aromatic rings. The van der Waals surface area contributed by atoms with Crippen molar-refractivity contribution in [1.82, 2.24) is 19.9 Å². The number of hydrogen-bond acceptors (Lipinski definition) is 6. The summed E-state index contributed by atoms with van der Waals surface area (Å²) in [5, 5.41) is 1.85. The fraction of sp³-hybridized carbons (Fsp3) is 0.440. The van der Waals surface area contributed by atoms with Gasteiger partial charge in [0.1, 0.15) is 5.75 Å². The van der Waals surface area contributed by atoms with Crippen LogP contribution >= 0.6 is 12.1 Å². The van der Waals surface area contributed by atoms with E-state index in [0.29, 0.717) is 18.2 Å². The lowest BCUT2D eigenvalue weighted by molar-refractivity contribution is -0.137. The lowest BCUT2D eigenvalue weighted by Gasteiger charge is -2.30. The molecule has 2 unspecified atom stereocenters. The minimum absolute atomic E-state index is 0.114. The summed E-state index contributed by atoms with van der Waals surface area (Å²) in [7, 11) is 1.87. The van der Waals surface area contributed by atoms with Crippen LogP contribution in [0.2, 0.25) is 0 Å². The van der Waals surface area contributed by atoms with Gasteiger partial charge in [-0.15, -0.1) is 0 Å². The molecule has 0 bridgehead atoms. The standard InChI is InChI=1S/C23H29F3N4OS.C2H6/c1-5-22(3,29-32-27-4)18-9-7-8-16(14-18)20-15-21(30(6-2)28-20)31-19-12-10-17(11-13-19)23(24,25)26;1-2/h7-15,20,27-29H,5-6H2,1-4H3;1-2H3. The molecule has 3 rings (SSSR count). The maximum atomic E-state index is 12.8. The first-order valence-electron chi connectivity index (χ1n) is 11.5. The van der Waals surface area contributed by atoms with Crippen molar-refractivity contribution in [2.75, 3.05) is 13.6 Å². The Kier molecular flexibility index (Phi) is 10.3. The summed E-state index contributed by atoms with van der Waals surface area (Å²) >= 11 is 1.45. The van der Waals surface area contributed by atoms with Crippen LogP contribution in [0.5, 0.6) is 5.75 Å². The Morgan fingerprint density at radius 3 is 2.29 bits per heavy atom. The smallest absolute Gasteiger partial charge is 0.416 e. The zero-order valence-corrected chi connectivity index (χ0v) is 21.4. The third-order valence-corrected chi connectivity index (χ3v) is 6.32. The van der Waals surface area contributed by atoms with Crippen LogP contribution in [0.4, 0.5) is 13.2 Å². The number of benzene rings is 2. The minimum Gasteiger partial charge on any atom is -0.440 e. The number of hydrogen-bond donors (Lipinski definition) is 3. The van der Waals surface area contributed by atoms with E-state index in [9.17, 15) is 13.2 Å². The van der Waals surface area contributed by atoms with Gasteiger partial charge in [-0.3, -0.25) is 9.73 Å². The van der Waals surface area contributed by atoms with Crippen molar-refractivity contribution in [3.05, 3.63) is 77.2 Å². The maximum Gasteiger partial charge on any atom is 0.416 e. The highest BCUT2D eigenvalue weighted by Crippen LogP contribution is 2.33. The molecule has 0 amide bonds. The highest BCUT2D eigenvalue weighted by Gasteiger charge is 2.31. The number of halogens is 3. The summed E-state index contributed by atoms with van der Waals surface area (Å²) in [6.07, 6.45) is -1.52. The molecule has 0 fully saturated rings. The molecule has 2 atom stereocenters. The predicted octanol–water partition coefficient (Wildman–Crippen LogP) is 6.53. The molecule has 188 valence electrons. The highest BCUT2D eigenvalue weighted by atomic mass is 32.2. The number of alkyl halides is 3. The van der Waals surface area contributed by atoms with E-state index in [0.717, 1.165) is 29.7 Å². The summed E-state index contributed by atoms with van der Waals surface area (Å²) in [6, 6.07) is 13.0. The summed E-state index contributed by atoms with van der Waals surface area (Å²) in [5.74, 6) is 0.913. The van der Waals surface area contributed by atoms with E-state index in [1.807, 2.05) is 51.0 Å². The molecule has 34 heavy (non-hydrogen) atoms. The van der Waals surface area contributed by atoms with Crippen molar-refractivity contribution in [2.24, 2.45) is 0 Å². The van der Waals surface area contributed by atoms with Gasteiger partial charge in [-0.2, -0.15) is 13.2 Å². The van der Waals surface area contributed by atoms with Crippen LogP contribution in [0.25, 0.3) is 0 Å². The molecule has 1 aliphatic heterocycles. The second kappa shape index (κ2) is 12.5. The molecular formula is C25H35F3N4OS. The number of rotatable bonds is 9. The van der Waals surface area contributed by atoms with Gasteiger partial charge >= 0.3 is 6.18 Å². The fourth-order valence-corrected chi connectivity index (χ4v) is 4.00. The molecule has 0 spiro atoms. The molecule has 0 aromatic heterocycles. The maximum absolute atomic E-state index is 12.8. The lowest BCUT2D eigenvalue weighted by Crippen LogP contribution is -2.36. The van der Waals surface area contributed by atoms with E-state index in [1.165, 1.54) is 24.3 Å². The van der Waals surface area contributed by atoms with Gasteiger partial charge in [0, 0.05) is 24.8 Å². The van der Waals surface area contributed by atoms with Gasteiger partial charge in [-0.05, 0) is 62.7 Å². The van der Waals surface area contributed by atoms with Gasteiger partial charge in [-0.25, -0.2) is 10.1 Å². The molecule has 0 radical (unpaired) electrons. The third kappa shape index (κ3) is 6.91. The first kappa shape index (κ1) is 28.0. The number of ether oxygens (including phenoxy) is 1. The highest BCUT2D eigenvalue weighted by molar-refractivity contribution is 7.95. The van der Waals surface area contributed by atoms with Gasteiger partial charge in [0.05, 0.1) is 17.1 Å². The molecular weight excluding hydrogens is 461 g/mol. The van der Waals surface area contributed by atoms with E-state index in [2.05, 4.69) is 40.9 Å². The summed E-state index contributed by atoms with van der Waals surface area (Å²) in [5.41, 5.74) is 4.72. The van der Waals surface area contributed by atoms with Crippen molar-refractivity contribution < 1.29 is 17.9 Å². The normalized spacial score (nSPS) is 17.5. The topological polar surface area (TPSA) is 48.6 Å². The number of nitrogens with zero attached hydrogens (tertiary/aromatic N) is 1. The van der Waals surface area contributed by atoms with Gasteiger partial charge in [-0.1, -0.05) is 45.0 Å². The monoisotopic (exact) mass is 496 g/mol. The van der Waals surface area contributed by atoms with Gasteiger partial charge in [0.15, 0.2) is 0 Å². The van der Waals surface area contributed by atoms with Crippen LogP contribution in [0.1, 0.15) is 63.8 Å². The molecule has 1 aliphatic rings. The Hall–Kier alpha value is -2.20. The van der Waals surface area contributed by atoms with E-state index < -0.39 is 11.7 Å². The van der Waals surface area contributed by atoms with Crippen molar-refractivity contribution in [1.29, 1.82) is 0 Å². The SMILES string of the molecule is CC.CCN1NC(c2cccc(C(C)(CC)NSNC)c2)C=C1Oc1ccc(C(F)(F)F)cc1. The fourth-order valence-electron chi connectivity index (χ4n) is 3.42. The van der Waals surface area contributed by atoms with E-state index in [4.69, 9.17) is 4.74 Å². The summed E-state index contributed by atoms with van der Waals surface area (Å²) in [4.78, 5) is 0. The Labute approximate surface area is 205 Å². The van der Waals surface area contributed by atoms with Gasteiger partial charge in [0.2, 0.25) is 5.88 Å². The molecule has 0 aliphatic carbocycles. The largest absolute Gasteiger partial charge is 0.440 e. The van der Waals surface area contributed by atoms with E-state index in [-0.39, 0.29) is 11.6 Å². The molecule has 3 N–H and O–H groups in total. The Morgan fingerprint density at radius 2 is 1.74 bits per heavy atom. The van der Waals surface area contributed by atoms with Gasteiger partial charge in [0.25, 0.3) is 0 Å². The average Bonchev–Trinajstić information content (AvgIpc) is 3.26. The predicted molar refractivity (Wildman–Crippen MR) is 134 cm³/mol. The van der Waals surface area contributed by atoms with Crippen LogP contribution in [-0.2, 0) is 11.7 Å². The van der Waals surface area contributed by atoms with Crippen molar-refractivity contribution >= 4 is 12.1 Å². The second-order valence-electron chi connectivity index (χ2n) is 7.70. The second-order valence-corrected chi connectivity index (χ2v) is 8.52. The number of nitrogens with one attached hydrogen (secondary N) is 3. The average molecular weight is 497 g/mol. The van der Waals surface area contributed by atoms with Crippen molar-refractivity contribution in [3.8, 4) is 5.75 Å².